The molecule has 0 saturated heterocycles. The number of carbonyl (C=O) groups excluding carboxylic acids is 1. The van der Waals surface area contributed by atoms with Crippen molar-refractivity contribution >= 4 is 28.5 Å². The van der Waals surface area contributed by atoms with E-state index < -0.39 is 0 Å². The molecule has 0 radical (unpaired) electrons. The quantitative estimate of drug-likeness (QED) is 0.568. The third kappa shape index (κ3) is 6.24. The molecule has 4 nitrogen and oxygen atoms in total. The van der Waals surface area contributed by atoms with Gasteiger partial charge < -0.3 is 15.2 Å². The molecule has 0 spiro atoms. The van der Waals surface area contributed by atoms with Gasteiger partial charge in [-0.25, -0.2) is 0 Å². The Kier molecular flexibility index (Phi) is 7.15. The number of rotatable bonds is 7. The number of carbonyl (C=O) groups is 1. The molecule has 0 saturated carbocycles. The maximum Gasteiger partial charge on any atom is 0.255 e. The molecule has 0 aromatic heterocycles. The van der Waals surface area contributed by atoms with E-state index in [1.54, 1.807) is 12.1 Å². The maximum atomic E-state index is 11.9. The van der Waals surface area contributed by atoms with Crippen LogP contribution in [0.25, 0.3) is 0 Å². The highest BCUT2D eigenvalue weighted by Gasteiger charge is 2.10. The Hall–Kier alpha value is -0.820. The zero-order valence-corrected chi connectivity index (χ0v) is 13.4. The monoisotopic (exact) mass is 377 g/mol. The normalized spacial score (nSPS) is 10.7. The van der Waals surface area contributed by atoms with E-state index in [9.17, 15) is 9.90 Å². The third-order valence-corrected chi connectivity index (χ3v) is 3.18. The van der Waals surface area contributed by atoms with Crippen molar-refractivity contribution in [3.05, 3.63) is 27.3 Å². The Morgan fingerprint density at radius 2 is 2.16 bits per heavy atom. The first-order valence-electron chi connectivity index (χ1n) is 6.39. The van der Waals surface area contributed by atoms with Crippen LogP contribution in [0.2, 0.25) is 0 Å². The third-order valence-electron chi connectivity index (χ3n) is 2.51. The standard InChI is InChI=1S/C14H20INO3/c1-10(2)19-8-4-3-7-16-14(18)12-9-11(15)5-6-13(12)17/h5-6,9-10,17H,3-4,7-8H2,1-2H3,(H,16,18). The van der Waals surface area contributed by atoms with E-state index in [4.69, 9.17) is 4.74 Å². The predicted octanol–water partition coefficient (Wildman–Crippen LogP) is 2.93. The van der Waals surface area contributed by atoms with E-state index in [0.29, 0.717) is 18.7 Å². The van der Waals surface area contributed by atoms with Gasteiger partial charge in [0.05, 0.1) is 11.7 Å². The van der Waals surface area contributed by atoms with Crippen molar-refractivity contribution in [3.8, 4) is 5.75 Å². The average Bonchev–Trinajstić information content (AvgIpc) is 2.36. The van der Waals surface area contributed by atoms with Crippen LogP contribution >= 0.6 is 22.6 Å². The Labute approximate surface area is 127 Å². The summed E-state index contributed by atoms with van der Waals surface area (Å²) < 4.78 is 6.34. The summed E-state index contributed by atoms with van der Waals surface area (Å²) in [6, 6.07) is 4.97. The number of hydrogen-bond donors (Lipinski definition) is 2. The van der Waals surface area contributed by atoms with Crippen LogP contribution in [0.15, 0.2) is 18.2 Å². The minimum absolute atomic E-state index is 0.0149. The largest absolute Gasteiger partial charge is 0.507 e. The Morgan fingerprint density at radius 3 is 2.84 bits per heavy atom. The van der Waals surface area contributed by atoms with Gasteiger partial charge in [0, 0.05) is 16.7 Å². The lowest BCUT2D eigenvalue weighted by Gasteiger charge is -2.09. The first-order chi connectivity index (χ1) is 9.00. The summed E-state index contributed by atoms with van der Waals surface area (Å²) in [5.74, 6) is -0.221. The molecule has 1 aromatic carbocycles. The summed E-state index contributed by atoms with van der Waals surface area (Å²) in [4.78, 5) is 11.9. The lowest BCUT2D eigenvalue weighted by Crippen LogP contribution is -2.24. The first kappa shape index (κ1) is 16.2. The van der Waals surface area contributed by atoms with Crippen LogP contribution in [0, 0.1) is 3.57 Å². The van der Waals surface area contributed by atoms with Gasteiger partial charge in [0.2, 0.25) is 0 Å². The summed E-state index contributed by atoms with van der Waals surface area (Å²) >= 11 is 2.11. The van der Waals surface area contributed by atoms with E-state index in [1.165, 1.54) is 6.07 Å². The number of phenolic OH excluding ortho intramolecular Hbond substituents is 1. The topological polar surface area (TPSA) is 58.6 Å². The molecule has 1 aromatic rings. The van der Waals surface area contributed by atoms with Crippen LogP contribution in [0.5, 0.6) is 5.75 Å². The van der Waals surface area contributed by atoms with Crippen molar-refractivity contribution in [1.82, 2.24) is 5.32 Å². The molecule has 0 fully saturated rings. The average molecular weight is 377 g/mol. The van der Waals surface area contributed by atoms with Crippen LogP contribution < -0.4 is 5.32 Å². The van der Waals surface area contributed by atoms with Crippen LogP contribution in [0.4, 0.5) is 0 Å². The molecule has 2 N–H and O–H groups in total. The summed E-state index contributed by atoms with van der Waals surface area (Å²) in [7, 11) is 0. The number of aromatic hydroxyl groups is 1. The van der Waals surface area contributed by atoms with Gasteiger partial charge in [-0.05, 0) is 67.5 Å². The fourth-order valence-corrected chi connectivity index (χ4v) is 2.02. The molecule has 0 atom stereocenters. The Balaban J connectivity index is 2.29. The molecule has 0 bridgehead atoms. The Bertz CT molecular complexity index is 421. The van der Waals surface area contributed by atoms with Crippen molar-refractivity contribution in [3.63, 3.8) is 0 Å². The van der Waals surface area contributed by atoms with Crippen molar-refractivity contribution in [2.75, 3.05) is 13.2 Å². The highest BCUT2D eigenvalue weighted by atomic mass is 127. The van der Waals surface area contributed by atoms with E-state index in [1.807, 2.05) is 13.8 Å². The van der Waals surface area contributed by atoms with Gasteiger partial charge in [-0.1, -0.05) is 0 Å². The predicted molar refractivity (Wildman–Crippen MR) is 83.5 cm³/mol. The first-order valence-corrected chi connectivity index (χ1v) is 7.47. The van der Waals surface area contributed by atoms with Gasteiger partial charge in [0.15, 0.2) is 0 Å². The van der Waals surface area contributed by atoms with Gasteiger partial charge in [0.25, 0.3) is 5.91 Å². The second kappa shape index (κ2) is 8.37. The van der Waals surface area contributed by atoms with Crippen molar-refractivity contribution in [2.24, 2.45) is 0 Å². The molecule has 0 aliphatic rings. The van der Waals surface area contributed by atoms with Gasteiger partial charge in [-0.15, -0.1) is 0 Å². The minimum Gasteiger partial charge on any atom is -0.507 e. The maximum absolute atomic E-state index is 11.9. The lowest BCUT2D eigenvalue weighted by molar-refractivity contribution is 0.0754. The molecular formula is C14H20INO3. The smallest absolute Gasteiger partial charge is 0.255 e. The molecule has 1 rings (SSSR count). The summed E-state index contributed by atoms with van der Waals surface area (Å²) in [5, 5.41) is 12.4. The zero-order valence-electron chi connectivity index (χ0n) is 11.3. The number of ether oxygens (including phenoxy) is 1. The van der Waals surface area contributed by atoms with Crippen molar-refractivity contribution in [2.45, 2.75) is 32.8 Å². The summed E-state index contributed by atoms with van der Waals surface area (Å²) in [6.45, 7) is 5.30. The van der Waals surface area contributed by atoms with Crippen LogP contribution in [0.3, 0.4) is 0 Å². The summed E-state index contributed by atoms with van der Waals surface area (Å²) in [6.07, 6.45) is 2.03. The molecule has 0 unspecified atom stereocenters. The zero-order chi connectivity index (χ0) is 14.3. The number of halogens is 1. The molecule has 0 heterocycles. The van der Waals surface area contributed by atoms with E-state index in [0.717, 1.165) is 16.4 Å². The second-order valence-corrected chi connectivity index (χ2v) is 5.79. The molecule has 1 amide bonds. The molecule has 5 heteroatoms. The van der Waals surface area contributed by atoms with Crippen molar-refractivity contribution in [1.29, 1.82) is 0 Å². The number of unbranched alkanes of at least 4 members (excludes halogenated alkanes) is 1. The molecule has 0 aliphatic heterocycles. The van der Waals surface area contributed by atoms with E-state index in [2.05, 4.69) is 27.9 Å². The molecule has 106 valence electrons. The van der Waals surface area contributed by atoms with E-state index >= 15 is 0 Å². The summed E-state index contributed by atoms with van der Waals surface area (Å²) in [5.41, 5.74) is 0.324. The van der Waals surface area contributed by atoms with Crippen molar-refractivity contribution < 1.29 is 14.6 Å². The number of benzene rings is 1. The van der Waals surface area contributed by atoms with Gasteiger partial charge >= 0.3 is 0 Å². The van der Waals surface area contributed by atoms with Crippen LogP contribution in [-0.4, -0.2) is 30.3 Å². The highest BCUT2D eigenvalue weighted by molar-refractivity contribution is 14.1. The number of phenols is 1. The second-order valence-electron chi connectivity index (χ2n) is 4.54. The van der Waals surface area contributed by atoms with Crippen LogP contribution in [0.1, 0.15) is 37.0 Å². The molecular weight excluding hydrogens is 357 g/mol. The van der Waals surface area contributed by atoms with Gasteiger partial charge in [-0.2, -0.15) is 0 Å². The molecule has 19 heavy (non-hydrogen) atoms. The van der Waals surface area contributed by atoms with Gasteiger partial charge in [0.1, 0.15) is 5.75 Å². The lowest BCUT2D eigenvalue weighted by atomic mass is 10.2. The number of amides is 1. The highest BCUT2D eigenvalue weighted by Crippen LogP contribution is 2.19. The minimum atomic E-state index is -0.235. The molecule has 0 aliphatic carbocycles. The van der Waals surface area contributed by atoms with E-state index in [-0.39, 0.29) is 17.8 Å². The van der Waals surface area contributed by atoms with Gasteiger partial charge in [-0.3, -0.25) is 4.79 Å². The Morgan fingerprint density at radius 1 is 1.42 bits per heavy atom. The number of nitrogens with one attached hydrogen (secondary N) is 1. The van der Waals surface area contributed by atoms with Crippen LogP contribution in [-0.2, 0) is 4.74 Å². The fraction of sp³-hybridized carbons (Fsp3) is 0.500. The SMILES string of the molecule is CC(C)OCCCCNC(=O)c1cc(I)ccc1O. The number of hydrogen-bond acceptors (Lipinski definition) is 3. The fourth-order valence-electron chi connectivity index (χ4n) is 1.53.